The van der Waals surface area contributed by atoms with Crippen LogP contribution in [0.5, 0.6) is 5.75 Å². The van der Waals surface area contributed by atoms with Gasteiger partial charge in [0, 0.05) is 25.7 Å². The summed E-state index contributed by atoms with van der Waals surface area (Å²) in [6.07, 6.45) is 0.421. The van der Waals surface area contributed by atoms with E-state index < -0.39 is 0 Å². The molecule has 1 aliphatic rings. The molecular weight excluding hydrogens is 356 g/mol. The number of hydrogen-bond donors (Lipinski definition) is 1. The van der Waals surface area contributed by atoms with Crippen molar-refractivity contribution in [1.82, 2.24) is 10.2 Å². The van der Waals surface area contributed by atoms with E-state index in [4.69, 9.17) is 4.74 Å². The normalized spacial score (nSPS) is 18.0. The van der Waals surface area contributed by atoms with Crippen LogP contribution < -0.4 is 10.1 Å². The van der Waals surface area contributed by atoms with Crippen molar-refractivity contribution in [2.45, 2.75) is 26.3 Å². The summed E-state index contributed by atoms with van der Waals surface area (Å²) in [6, 6.07) is 6.20. The predicted molar refractivity (Wildman–Crippen MR) is 90.3 cm³/mol. The van der Waals surface area contributed by atoms with Crippen LogP contribution in [0.15, 0.2) is 22.7 Å². The number of nitrogens with zero attached hydrogens (tertiary/aromatic N) is 1. The predicted octanol–water partition coefficient (Wildman–Crippen LogP) is 2.77. The number of aryl methyl sites for hydroxylation is 1. The standard InChI is InChI=1S/C15H21BrN2O2.ClH/c1-11-3-4-14(13(16)9-11)20-8-5-15(19)18-7-6-17-10-12(18)2;/h3-4,9,12,17H,5-8,10H2,1-2H3;1H/t12-;/m0./s1. The summed E-state index contributed by atoms with van der Waals surface area (Å²) >= 11 is 3.47. The lowest BCUT2D eigenvalue weighted by Gasteiger charge is -2.34. The lowest BCUT2D eigenvalue weighted by Crippen LogP contribution is -2.52. The maximum atomic E-state index is 12.1. The number of benzene rings is 1. The van der Waals surface area contributed by atoms with Gasteiger partial charge in [-0.25, -0.2) is 0 Å². The van der Waals surface area contributed by atoms with Gasteiger partial charge >= 0.3 is 0 Å². The van der Waals surface area contributed by atoms with E-state index in [9.17, 15) is 4.79 Å². The highest BCUT2D eigenvalue weighted by molar-refractivity contribution is 9.10. The van der Waals surface area contributed by atoms with Gasteiger partial charge in [0.15, 0.2) is 0 Å². The van der Waals surface area contributed by atoms with Crippen LogP contribution in [0.2, 0.25) is 0 Å². The maximum Gasteiger partial charge on any atom is 0.226 e. The van der Waals surface area contributed by atoms with Crippen LogP contribution in [0, 0.1) is 6.92 Å². The van der Waals surface area contributed by atoms with E-state index in [1.54, 1.807) is 0 Å². The number of rotatable bonds is 4. The van der Waals surface area contributed by atoms with Gasteiger partial charge in [-0.15, -0.1) is 12.4 Å². The minimum atomic E-state index is 0. The molecule has 118 valence electrons. The summed E-state index contributed by atoms with van der Waals surface area (Å²) in [7, 11) is 0. The lowest BCUT2D eigenvalue weighted by atomic mass is 10.2. The van der Waals surface area contributed by atoms with Crippen molar-refractivity contribution in [2.75, 3.05) is 26.2 Å². The molecule has 0 unspecified atom stereocenters. The van der Waals surface area contributed by atoms with Crippen molar-refractivity contribution in [3.8, 4) is 5.75 Å². The van der Waals surface area contributed by atoms with E-state index in [1.807, 2.05) is 30.0 Å². The number of hydrogen-bond acceptors (Lipinski definition) is 3. The highest BCUT2D eigenvalue weighted by Crippen LogP contribution is 2.25. The van der Waals surface area contributed by atoms with Crippen LogP contribution >= 0.6 is 28.3 Å². The average Bonchev–Trinajstić information content (AvgIpc) is 2.41. The van der Waals surface area contributed by atoms with E-state index in [2.05, 4.69) is 28.2 Å². The first-order valence-corrected chi connectivity index (χ1v) is 7.76. The molecule has 1 heterocycles. The molecule has 0 saturated carbocycles. The van der Waals surface area contributed by atoms with E-state index in [-0.39, 0.29) is 24.4 Å². The molecule has 0 aliphatic carbocycles. The van der Waals surface area contributed by atoms with E-state index in [0.29, 0.717) is 13.0 Å². The number of piperazine rings is 1. The molecule has 1 N–H and O–H groups in total. The number of halogens is 2. The van der Waals surface area contributed by atoms with Crippen molar-refractivity contribution < 1.29 is 9.53 Å². The zero-order chi connectivity index (χ0) is 14.5. The van der Waals surface area contributed by atoms with Gasteiger partial charge in [-0.1, -0.05) is 6.07 Å². The second-order valence-corrected chi connectivity index (χ2v) is 6.03. The summed E-state index contributed by atoms with van der Waals surface area (Å²) in [5.74, 6) is 0.957. The first-order chi connectivity index (χ1) is 9.58. The molecule has 0 bridgehead atoms. The molecule has 6 heteroatoms. The molecule has 4 nitrogen and oxygen atoms in total. The molecule has 1 amide bonds. The summed E-state index contributed by atoms with van der Waals surface area (Å²) in [5.41, 5.74) is 1.18. The minimum absolute atomic E-state index is 0. The fraction of sp³-hybridized carbons (Fsp3) is 0.533. The van der Waals surface area contributed by atoms with Gasteiger partial charge in [0.2, 0.25) is 5.91 Å². The molecule has 2 rings (SSSR count). The van der Waals surface area contributed by atoms with Crippen LogP contribution in [0.25, 0.3) is 0 Å². The second-order valence-electron chi connectivity index (χ2n) is 5.17. The SMILES string of the molecule is Cc1ccc(OCCC(=O)N2CCNC[C@@H]2C)c(Br)c1.Cl. The Balaban J connectivity index is 0.00000220. The zero-order valence-electron chi connectivity index (χ0n) is 12.4. The van der Waals surface area contributed by atoms with Gasteiger partial charge in [0.05, 0.1) is 17.5 Å². The molecule has 21 heavy (non-hydrogen) atoms. The molecule has 1 aromatic carbocycles. The van der Waals surface area contributed by atoms with Crippen molar-refractivity contribution in [3.05, 3.63) is 28.2 Å². The van der Waals surface area contributed by atoms with Gasteiger partial charge < -0.3 is 15.0 Å². The Morgan fingerprint density at radius 3 is 2.95 bits per heavy atom. The molecule has 0 aromatic heterocycles. The molecule has 1 fully saturated rings. The Morgan fingerprint density at radius 1 is 1.52 bits per heavy atom. The first-order valence-electron chi connectivity index (χ1n) is 6.97. The third-order valence-electron chi connectivity index (χ3n) is 3.48. The third-order valence-corrected chi connectivity index (χ3v) is 4.10. The van der Waals surface area contributed by atoms with Crippen LogP contribution in [0.3, 0.4) is 0 Å². The average molecular weight is 378 g/mol. The Hall–Kier alpha value is -0.780. The number of amides is 1. The van der Waals surface area contributed by atoms with Gasteiger partial charge in [-0.2, -0.15) is 0 Å². The molecule has 0 spiro atoms. The first kappa shape index (κ1) is 18.3. The summed E-state index contributed by atoms with van der Waals surface area (Å²) in [5, 5.41) is 3.28. The van der Waals surface area contributed by atoms with Crippen molar-refractivity contribution in [2.24, 2.45) is 0 Å². The minimum Gasteiger partial charge on any atom is -0.492 e. The Morgan fingerprint density at radius 2 is 2.29 bits per heavy atom. The van der Waals surface area contributed by atoms with Gasteiger partial charge in [-0.3, -0.25) is 4.79 Å². The Kier molecular flexibility index (Phi) is 7.49. The summed E-state index contributed by atoms with van der Waals surface area (Å²) in [6.45, 7) is 7.05. The molecule has 1 aromatic rings. The summed E-state index contributed by atoms with van der Waals surface area (Å²) in [4.78, 5) is 14.1. The topological polar surface area (TPSA) is 41.6 Å². The second kappa shape index (κ2) is 8.61. The van der Waals surface area contributed by atoms with Gasteiger partial charge in [-0.05, 0) is 47.5 Å². The van der Waals surface area contributed by atoms with E-state index in [0.717, 1.165) is 29.9 Å². The quantitative estimate of drug-likeness (QED) is 0.877. The highest BCUT2D eigenvalue weighted by atomic mass is 79.9. The van der Waals surface area contributed by atoms with E-state index in [1.165, 1.54) is 5.56 Å². The fourth-order valence-corrected chi connectivity index (χ4v) is 2.93. The van der Waals surface area contributed by atoms with Crippen LogP contribution in [0.1, 0.15) is 18.9 Å². The molecule has 0 radical (unpaired) electrons. The zero-order valence-corrected chi connectivity index (χ0v) is 14.8. The Bertz CT molecular complexity index is 485. The number of carbonyl (C=O) groups is 1. The Labute approximate surface area is 140 Å². The molecule has 1 saturated heterocycles. The van der Waals surface area contributed by atoms with Crippen LogP contribution in [0.4, 0.5) is 0 Å². The summed E-state index contributed by atoms with van der Waals surface area (Å²) < 4.78 is 6.61. The molecule has 1 atom stereocenters. The molecular formula is C15H22BrClN2O2. The van der Waals surface area contributed by atoms with Crippen molar-refractivity contribution >= 4 is 34.2 Å². The number of carbonyl (C=O) groups excluding carboxylic acids is 1. The lowest BCUT2D eigenvalue weighted by molar-refractivity contribution is -0.134. The third kappa shape index (κ3) is 5.16. The van der Waals surface area contributed by atoms with Gasteiger partial charge in [0.1, 0.15) is 5.75 Å². The van der Waals surface area contributed by atoms with Crippen LogP contribution in [-0.4, -0.2) is 43.1 Å². The number of nitrogens with one attached hydrogen (secondary N) is 1. The monoisotopic (exact) mass is 376 g/mol. The maximum absolute atomic E-state index is 12.1. The van der Waals surface area contributed by atoms with E-state index >= 15 is 0 Å². The fourth-order valence-electron chi connectivity index (χ4n) is 2.33. The van der Waals surface area contributed by atoms with Crippen molar-refractivity contribution in [3.63, 3.8) is 0 Å². The van der Waals surface area contributed by atoms with Gasteiger partial charge in [0.25, 0.3) is 0 Å². The van der Waals surface area contributed by atoms with Crippen molar-refractivity contribution in [1.29, 1.82) is 0 Å². The largest absolute Gasteiger partial charge is 0.492 e. The van der Waals surface area contributed by atoms with Crippen LogP contribution in [-0.2, 0) is 4.79 Å². The molecule has 1 aliphatic heterocycles. The smallest absolute Gasteiger partial charge is 0.226 e. The number of ether oxygens (including phenoxy) is 1. The highest BCUT2D eigenvalue weighted by Gasteiger charge is 2.22.